The normalized spacial score (nSPS) is 11.3. The van der Waals surface area contributed by atoms with E-state index in [2.05, 4.69) is 53.5 Å². The molecular weight excluding hydrogens is 262 g/mol. The van der Waals surface area contributed by atoms with Crippen molar-refractivity contribution in [2.24, 2.45) is 0 Å². The Morgan fingerprint density at radius 3 is 2.52 bits per heavy atom. The fourth-order valence-electron chi connectivity index (χ4n) is 2.69. The van der Waals surface area contributed by atoms with Crippen molar-refractivity contribution in [1.82, 2.24) is 24.9 Å². The lowest BCUT2D eigenvalue weighted by molar-refractivity contribution is 0.566. The van der Waals surface area contributed by atoms with E-state index in [1.807, 2.05) is 6.92 Å². The molecule has 0 radical (unpaired) electrons. The van der Waals surface area contributed by atoms with Crippen molar-refractivity contribution in [1.29, 1.82) is 0 Å². The topological polar surface area (TPSA) is 47.7 Å². The second kappa shape index (κ2) is 6.89. The molecule has 0 spiro atoms. The van der Waals surface area contributed by atoms with Gasteiger partial charge in [0.05, 0.1) is 23.6 Å². The largest absolute Gasteiger partial charge is 0.313 e. The molecule has 0 fully saturated rings. The smallest absolute Gasteiger partial charge is 0.0831 e. The van der Waals surface area contributed by atoms with E-state index in [1.165, 1.54) is 17.0 Å². The molecule has 0 bridgehead atoms. The minimum Gasteiger partial charge on any atom is -0.313 e. The van der Waals surface area contributed by atoms with Gasteiger partial charge in [-0.25, -0.2) is 0 Å². The van der Waals surface area contributed by atoms with E-state index < -0.39 is 0 Å². The van der Waals surface area contributed by atoms with Crippen molar-refractivity contribution >= 4 is 0 Å². The van der Waals surface area contributed by atoms with Crippen LogP contribution in [0.1, 0.15) is 48.6 Å². The van der Waals surface area contributed by atoms with Crippen LogP contribution in [0.15, 0.2) is 6.07 Å². The molecule has 5 nitrogen and oxygen atoms in total. The van der Waals surface area contributed by atoms with Gasteiger partial charge >= 0.3 is 0 Å². The first-order chi connectivity index (χ1) is 10.1. The Morgan fingerprint density at radius 2 is 1.86 bits per heavy atom. The lowest BCUT2D eigenvalue weighted by Gasteiger charge is -2.08. The number of nitrogens with one attached hydrogen (secondary N) is 1. The summed E-state index contributed by atoms with van der Waals surface area (Å²) in [5.41, 5.74) is 5.97. The Morgan fingerprint density at radius 1 is 1.10 bits per heavy atom. The second-order valence-corrected chi connectivity index (χ2v) is 5.58. The number of aromatic nitrogens is 4. The molecule has 0 saturated heterocycles. The fourth-order valence-corrected chi connectivity index (χ4v) is 2.69. The van der Waals surface area contributed by atoms with Gasteiger partial charge in [-0.2, -0.15) is 10.2 Å². The van der Waals surface area contributed by atoms with Crippen molar-refractivity contribution in [2.45, 2.75) is 60.7 Å². The standard InChI is InChI=1S/C16H27N5/c1-6-8-17-10-16-13(4)19-21(14(16)5)11-15-9-12(3)18-20(15)7-2/h9,17H,6-8,10-11H2,1-5H3. The Labute approximate surface area is 127 Å². The lowest BCUT2D eigenvalue weighted by atomic mass is 10.2. The predicted molar refractivity (Wildman–Crippen MR) is 85.4 cm³/mol. The van der Waals surface area contributed by atoms with E-state index in [0.29, 0.717) is 0 Å². The maximum Gasteiger partial charge on any atom is 0.0831 e. The average molecular weight is 289 g/mol. The number of rotatable bonds is 7. The van der Waals surface area contributed by atoms with E-state index in [4.69, 9.17) is 5.10 Å². The third-order valence-corrected chi connectivity index (χ3v) is 3.86. The summed E-state index contributed by atoms with van der Waals surface area (Å²) in [5, 5.41) is 12.7. The Bertz CT molecular complexity index is 594. The molecule has 0 aliphatic carbocycles. The van der Waals surface area contributed by atoms with Crippen LogP contribution < -0.4 is 5.32 Å². The van der Waals surface area contributed by atoms with Gasteiger partial charge in [-0.05, 0) is 46.7 Å². The van der Waals surface area contributed by atoms with Crippen LogP contribution in [0.5, 0.6) is 0 Å². The van der Waals surface area contributed by atoms with E-state index in [1.54, 1.807) is 0 Å². The van der Waals surface area contributed by atoms with Crippen molar-refractivity contribution in [3.8, 4) is 0 Å². The van der Waals surface area contributed by atoms with Gasteiger partial charge in [0.15, 0.2) is 0 Å². The van der Waals surface area contributed by atoms with Gasteiger partial charge in [-0.1, -0.05) is 6.92 Å². The summed E-state index contributed by atoms with van der Waals surface area (Å²) >= 11 is 0. The Hall–Kier alpha value is -1.62. The molecule has 0 amide bonds. The van der Waals surface area contributed by atoms with Gasteiger partial charge in [0.25, 0.3) is 0 Å². The molecule has 2 aromatic heterocycles. The molecule has 2 heterocycles. The van der Waals surface area contributed by atoms with Crippen LogP contribution in [0.4, 0.5) is 0 Å². The van der Waals surface area contributed by atoms with Gasteiger partial charge < -0.3 is 5.32 Å². The van der Waals surface area contributed by atoms with E-state index in [-0.39, 0.29) is 0 Å². The van der Waals surface area contributed by atoms with Crippen LogP contribution >= 0.6 is 0 Å². The average Bonchev–Trinajstić information content (AvgIpc) is 2.93. The minimum atomic E-state index is 0.787. The molecule has 0 aliphatic heterocycles. The van der Waals surface area contributed by atoms with Gasteiger partial charge in [-0.3, -0.25) is 9.36 Å². The highest BCUT2D eigenvalue weighted by molar-refractivity contribution is 5.25. The summed E-state index contributed by atoms with van der Waals surface area (Å²) in [6.07, 6.45) is 1.15. The highest BCUT2D eigenvalue weighted by atomic mass is 15.3. The zero-order chi connectivity index (χ0) is 15.4. The first-order valence-corrected chi connectivity index (χ1v) is 7.83. The maximum absolute atomic E-state index is 4.70. The predicted octanol–water partition coefficient (Wildman–Crippen LogP) is 2.57. The van der Waals surface area contributed by atoms with Crippen LogP contribution in [0.3, 0.4) is 0 Å². The monoisotopic (exact) mass is 289 g/mol. The molecule has 21 heavy (non-hydrogen) atoms. The summed E-state index contributed by atoms with van der Waals surface area (Å²) < 4.78 is 4.15. The zero-order valence-corrected chi connectivity index (χ0v) is 13.9. The summed E-state index contributed by atoms with van der Waals surface area (Å²) in [5.74, 6) is 0. The summed E-state index contributed by atoms with van der Waals surface area (Å²) in [6.45, 7) is 14.2. The molecule has 5 heteroatoms. The quantitative estimate of drug-likeness (QED) is 0.797. The van der Waals surface area contributed by atoms with Crippen LogP contribution in [-0.2, 0) is 19.6 Å². The first-order valence-electron chi connectivity index (χ1n) is 7.83. The highest BCUT2D eigenvalue weighted by Crippen LogP contribution is 2.15. The van der Waals surface area contributed by atoms with E-state index >= 15 is 0 Å². The third-order valence-electron chi connectivity index (χ3n) is 3.86. The molecule has 2 aromatic rings. The molecule has 1 N–H and O–H groups in total. The van der Waals surface area contributed by atoms with Gasteiger partial charge in [0.2, 0.25) is 0 Å². The fraction of sp³-hybridized carbons (Fsp3) is 0.625. The zero-order valence-electron chi connectivity index (χ0n) is 13.9. The summed E-state index contributed by atoms with van der Waals surface area (Å²) in [4.78, 5) is 0. The van der Waals surface area contributed by atoms with Gasteiger partial charge in [0, 0.05) is 24.3 Å². The lowest BCUT2D eigenvalue weighted by Crippen LogP contribution is -2.15. The SMILES string of the molecule is CCCNCc1c(C)nn(Cc2cc(C)nn2CC)c1C. The highest BCUT2D eigenvalue weighted by Gasteiger charge is 2.13. The van der Waals surface area contributed by atoms with Crippen molar-refractivity contribution in [2.75, 3.05) is 6.54 Å². The molecule has 116 valence electrons. The molecule has 0 aromatic carbocycles. The van der Waals surface area contributed by atoms with Crippen molar-refractivity contribution < 1.29 is 0 Å². The van der Waals surface area contributed by atoms with Crippen LogP contribution in [0.2, 0.25) is 0 Å². The van der Waals surface area contributed by atoms with Crippen LogP contribution in [0.25, 0.3) is 0 Å². The third kappa shape index (κ3) is 3.53. The molecule has 0 aliphatic rings. The van der Waals surface area contributed by atoms with Gasteiger partial charge in [-0.15, -0.1) is 0 Å². The van der Waals surface area contributed by atoms with Crippen LogP contribution in [-0.4, -0.2) is 26.1 Å². The van der Waals surface area contributed by atoms with Crippen molar-refractivity contribution in [3.05, 3.63) is 34.4 Å². The number of aryl methyl sites for hydroxylation is 3. The Balaban J connectivity index is 2.18. The van der Waals surface area contributed by atoms with E-state index in [0.717, 1.165) is 44.0 Å². The molecular formula is C16H27N5. The first kappa shape index (κ1) is 15.8. The van der Waals surface area contributed by atoms with Gasteiger partial charge in [0.1, 0.15) is 0 Å². The minimum absolute atomic E-state index is 0.787. The molecule has 2 rings (SSSR count). The van der Waals surface area contributed by atoms with Crippen molar-refractivity contribution in [3.63, 3.8) is 0 Å². The molecule has 0 atom stereocenters. The van der Waals surface area contributed by atoms with E-state index in [9.17, 15) is 0 Å². The number of hydrogen-bond acceptors (Lipinski definition) is 3. The molecule has 0 saturated carbocycles. The Kier molecular flexibility index (Phi) is 5.17. The number of nitrogens with zero attached hydrogens (tertiary/aromatic N) is 4. The maximum atomic E-state index is 4.70. The van der Waals surface area contributed by atoms with Crippen LogP contribution in [0, 0.1) is 20.8 Å². The second-order valence-electron chi connectivity index (χ2n) is 5.58. The number of hydrogen-bond donors (Lipinski definition) is 1. The summed E-state index contributed by atoms with van der Waals surface area (Å²) in [6, 6.07) is 2.15. The summed E-state index contributed by atoms with van der Waals surface area (Å²) in [7, 11) is 0. The molecule has 0 unspecified atom stereocenters.